The van der Waals surface area contributed by atoms with Crippen molar-refractivity contribution in [1.29, 1.82) is 5.26 Å². The molecule has 8 heteroatoms. The second kappa shape index (κ2) is 7.04. The Morgan fingerprint density at radius 1 is 1.28 bits per heavy atom. The number of nitriles is 1. The molecule has 1 aromatic heterocycles. The van der Waals surface area contributed by atoms with Crippen molar-refractivity contribution >= 4 is 51.4 Å². The molecular weight excluding hydrogens is 381 g/mol. The molecule has 3 rings (SSSR count). The molecule has 2 heterocycles. The van der Waals surface area contributed by atoms with Crippen molar-refractivity contribution in [1.82, 2.24) is 4.90 Å². The van der Waals surface area contributed by atoms with Crippen LogP contribution in [0.3, 0.4) is 0 Å². The lowest BCUT2D eigenvalue weighted by molar-refractivity contribution is -0.129. The summed E-state index contributed by atoms with van der Waals surface area (Å²) in [6.45, 7) is 2.56. The molecular formula is C17H13Cl2N3O2S. The molecule has 1 aliphatic heterocycles. The van der Waals surface area contributed by atoms with Gasteiger partial charge in [-0.3, -0.25) is 9.59 Å². The van der Waals surface area contributed by atoms with Gasteiger partial charge in [-0.15, -0.1) is 11.3 Å². The zero-order valence-corrected chi connectivity index (χ0v) is 15.6. The summed E-state index contributed by atoms with van der Waals surface area (Å²) in [5.74, 6) is -0.389. The summed E-state index contributed by atoms with van der Waals surface area (Å²) < 4.78 is 0. The first kappa shape index (κ1) is 17.7. The first-order chi connectivity index (χ1) is 11.9. The Hall–Kier alpha value is -2.07. The fourth-order valence-electron chi connectivity index (χ4n) is 2.74. The van der Waals surface area contributed by atoms with Crippen molar-refractivity contribution < 1.29 is 9.59 Å². The molecule has 0 saturated carbocycles. The minimum absolute atomic E-state index is 0.00304. The van der Waals surface area contributed by atoms with Crippen LogP contribution in [-0.4, -0.2) is 23.3 Å². The molecule has 0 radical (unpaired) electrons. The average molecular weight is 394 g/mol. The molecule has 1 aromatic carbocycles. The Kier molecular flexibility index (Phi) is 5.00. The van der Waals surface area contributed by atoms with Crippen LogP contribution in [-0.2, 0) is 17.8 Å². The second-order valence-corrected chi connectivity index (χ2v) is 7.60. The van der Waals surface area contributed by atoms with Gasteiger partial charge in [0.15, 0.2) is 0 Å². The molecule has 0 aliphatic carbocycles. The van der Waals surface area contributed by atoms with Crippen molar-refractivity contribution in [2.24, 2.45) is 0 Å². The van der Waals surface area contributed by atoms with E-state index in [0.717, 1.165) is 10.4 Å². The summed E-state index contributed by atoms with van der Waals surface area (Å²) in [6.07, 6.45) is 0.604. The van der Waals surface area contributed by atoms with Crippen LogP contribution >= 0.6 is 34.5 Å². The molecule has 2 aromatic rings. The predicted molar refractivity (Wildman–Crippen MR) is 98.2 cm³/mol. The van der Waals surface area contributed by atoms with Gasteiger partial charge >= 0.3 is 0 Å². The fraction of sp³-hybridized carbons (Fsp3) is 0.235. The monoisotopic (exact) mass is 393 g/mol. The van der Waals surface area contributed by atoms with E-state index in [-0.39, 0.29) is 11.8 Å². The van der Waals surface area contributed by atoms with Crippen molar-refractivity contribution in [3.05, 3.63) is 49.8 Å². The Labute approximate surface area is 158 Å². The van der Waals surface area contributed by atoms with Gasteiger partial charge in [-0.1, -0.05) is 23.2 Å². The van der Waals surface area contributed by atoms with Gasteiger partial charge in [0.2, 0.25) is 5.91 Å². The van der Waals surface area contributed by atoms with Crippen LogP contribution in [0.25, 0.3) is 0 Å². The van der Waals surface area contributed by atoms with Gasteiger partial charge in [-0.25, -0.2) is 0 Å². The van der Waals surface area contributed by atoms with Gasteiger partial charge in [-0.05, 0) is 30.2 Å². The number of benzene rings is 1. The Balaban J connectivity index is 1.90. The zero-order valence-electron chi connectivity index (χ0n) is 13.2. The van der Waals surface area contributed by atoms with Crippen molar-refractivity contribution in [2.75, 3.05) is 11.9 Å². The van der Waals surface area contributed by atoms with E-state index < -0.39 is 0 Å². The average Bonchev–Trinajstić information content (AvgIpc) is 2.89. The quantitative estimate of drug-likeness (QED) is 0.834. The highest BCUT2D eigenvalue weighted by Crippen LogP contribution is 2.37. The Morgan fingerprint density at radius 2 is 1.96 bits per heavy atom. The maximum Gasteiger partial charge on any atom is 0.256 e. The molecule has 25 heavy (non-hydrogen) atoms. The van der Waals surface area contributed by atoms with Crippen LogP contribution in [0.2, 0.25) is 10.0 Å². The summed E-state index contributed by atoms with van der Waals surface area (Å²) in [7, 11) is 0. The number of carbonyl (C=O) groups is 2. The zero-order chi connectivity index (χ0) is 18.1. The van der Waals surface area contributed by atoms with Crippen LogP contribution in [0.1, 0.15) is 33.3 Å². The summed E-state index contributed by atoms with van der Waals surface area (Å²) in [4.78, 5) is 26.7. The van der Waals surface area contributed by atoms with Crippen LogP contribution in [0.4, 0.5) is 5.00 Å². The number of carbonyl (C=O) groups excluding carboxylic acids is 2. The molecule has 0 fully saturated rings. The molecule has 1 N–H and O–H groups in total. The highest BCUT2D eigenvalue weighted by Gasteiger charge is 2.26. The second-order valence-electron chi connectivity index (χ2n) is 5.62. The highest BCUT2D eigenvalue weighted by atomic mass is 35.5. The SMILES string of the molecule is CC(=O)N1CCc2c(sc(NC(=O)c3cc(Cl)cc(Cl)c3)c2C#N)C1. The van der Waals surface area contributed by atoms with E-state index in [4.69, 9.17) is 23.2 Å². The molecule has 5 nitrogen and oxygen atoms in total. The number of fused-ring (bicyclic) bond motifs is 1. The number of halogens is 2. The maximum atomic E-state index is 12.5. The number of anilines is 1. The van der Waals surface area contributed by atoms with E-state index in [0.29, 0.717) is 45.7 Å². The lowest BCUT2D eigenvalue weighted by Crippen LogP contribution is -2.33. The standard InChI is InChI=1S/C17H13Cl2N3O2S/c1-9(23)22-3-2-13-14(7-20)17(25-15(13)8-22)21-16(24)10-4-11(18)6-12(19)5-10/h4-6H,2-3,8H2,1H3,(H,21,24). The van der Waals surface area contributed by atoms with Gasteiger partial charge < -0.3 is 10.2 Å². The third-order valence-electron chi connectivity index (χ3n) is 3.97. The predicted octanol–water partition coefficient (Wildman–Crippen LogP) is 4.08. The molecule has 0 atom stereocenters. The van der Waals surface area contributed by atoms with Crippen molar-refractivity contribution in [2.45, 2.75) is 19.9 Å². The molecule has 0 spiro atoms. The van der Waals surface area contributed by atoms with Crippen LogP contribution in [0.15, 0.2) is 18.2 Å². The lowest BCUT2D eigenvalue weighted by atomic mass is 10.0. The molecule has 2 amide bonds. The lowest BCUT2D eigenvalue weighted by Gasteiger charge is -2.25. The first-order valence-electron chi connectivity index (χ1n) is 7.46. The van der Waals surface area contributed by atoms with E-state index in [2.05, 4.69) is 11.4 Å². The summed E-state index contributed by atoms with van der Waals surface area (Å²) in [5.41, 5.74) is 1.69. The van der Waals surface area contributed by atoms with Gasteiger partial charge in [0.05, 0.1) is 12.1 Å². The van der Waals surface area contributed by atoms with Gasteiger partial charge in [0.1, 0.15) is 11.1 Å². The topological polar surface area (TPSA) is 73.2 Å². The third kappa shape index (κ3) is 3.64. The minimum atomic E-state index is -0.386. The van der Waals surface area contributed by atoms with Gasteiger partial charge in [0, 0.05) is 34.0 Å². The van der Waals surface area contributed by atoms with Crippen LogP contribution < -0.4 is 5.32 Å². The van der Waals surface area contributed by atoms with E-state index in [1.165, 1.54) is 30.4 Å². The third-order valence-corrected chi connectivity index (χ3v) is 5.53. The molecule has 1 aliphatic rings. The summed E-state index contributed by atoms with van der Waals surface area (Å²) in [5, 5.41) is 13.5. The summed E-state index contributed by atoms with van der Waals surface area (Å²) >= 11 is 13.2. The Bertz CT molecular complexity index is 897. The van der Waals surface area contributed by atoms with E-state index >= 15 is 0 Å². The largest absolute Gasteiger partial charge is 0.337 e. The minimum Gasteiger partial charge on any atom is -0.337 e. The smallest absolute Gasteiger partial charge is 0.256 e. The van der Waals surface area contributed by atoms with Crippen LogP contribution in [0.5, 0.6) is 0 Å². The molecule has 0 unspecified atom stereocenters. The number of thiophene rings is 1. The summed E-state index contributed by atoms with van der Waals surface area (Å²) in [6, 6.07) is 6.74. The van der Waals surface area contributed by atoms with E-state index in [1.54, 1.807) is 11.0 Å². The van der Waals surface area contributed by atoms with Crippen LogP contribution in [0, 0.1) is 11.3 Å². The number of amides is 2. The molecule has 0 saturated heterocycles. The van der Waals surface area contributed by atoms with E-state index in [1.807, 2.05) is 0 Å². The first-order valence-corrected chi connectivity index (χ1v) is 9.04. The number of nitrogens with zero attached hydrogens (tertiary/aromatic N) is 2. The molecule has 0 bridgehead atoms. The number of hydrogen-bond acceptors (Lipinski definition) is 4. The normalized spacial score (nSPS) is 13.1. The van der Waals surface area contributed by atoms with Gasteiger partial charge in [0.25, 0.3) is 5.91 Å². The highest BCUT2D eigenvalue weighted by molar-refractivity contribution is 7.16. The van der Waals surface area contributed by atoms with E-state index in [9.17, 15) is 14.9 Å². The Morgan fingerprint density at radius 3 is 2.56 bits per heavy atom. The fourth-order valence-corrected chi connectivity index (χ4v) is 4.47. The molecule has 128 valence electrons. The maximum absolute atomic E-state index is 12.5. The number of nitrogens with one attached hydrogen (secondary N) is 1. The van der Waals surface area contributed by atoms with Crippen molar-refractivity contribution in [3.8, 4) is 6.07 Å². The number of rotatable bonds is 2. The van der Waals surface area contributed by atoms with Crippen molar-refractivity contribution in [3.63, 3.8) is 0 Å². The number of hydrogen-bond donors (Lipinski definition) is 1. The van der Waals surface area contributed by atoms with Gasteiger partial charge in [-0.2, -0.15) is 5.26 Å².